The first-order chi connectivity index (χ1) is 19.3. The third-order valence-corrected chi connectivity index (χ3v) is 6.57. The maximum absolute atomic E-state index is 13.6. The van der Waals surface area contributed by atoms with Crippen LogP contribution in [0.2, 0.25) is 0 Å². The van der Waals surface area contributed by atoms with Crippen molar-refractivity contribution in [1.29, 1.82) is 0 Å². The molecule has 0 bridgehead atoms. The van der Waals surface area contributed by atoms with Gasteiger partial charge in [-0.15, -0.1) is 0 Å². The van der Waals surface area contributed by atoms with Crippen molar-refractivity contribution in [3.05, 3.63) is 88.6 Å². The first-order valence-corrected chi connectivity index (χ1v) is 12.3. The number of amides is 1. The molecule has 12 heteroatoms. The molecule has 1 heterocycles. The van der Waals surface area contributed by atoms with Crippen LogP contribution in [0, 0.1) is 0 Å². The minimum atomic E-state index is -5.09. The van der Waals surface area contributed by atoms with Gasteiger partial charge in [0.2, 0.25) is 0 Å². The second kappa shape index (κ2) is 11.6. The zero-order chi connectivity index (χ0) is 29.9. The summed E-state index contributed by atoms with van der Waals surface area (Å²) in [5, 5.41) is 0.807. The SMILES string of the molecule is COc1ccc2[nH]cc(CCN(Cc3ccc(OC)c(OC)c3)C(=O)c3cc(C(F)(F)F)cc(C(F)(F)F)c3)c2c1. The van der Waals surface area contributed by atoms with Gasteiger partial charge in [-0.3, -0.25) is 4.79 Å². The van der Waals surface area contributed by atoms with Crippen molar-refractivity contribution in [2.24, 2.45) is 0 Å². The minimum Gasteiger partial charge on any atom is -0.497 e. The molecule has 0 aliphatic rings. The van der Waals surface area contributed by atoms with Crippen LogP contribution >= 0.6 is 0 Å². The van der Waals surface area contributed by atoms with Gasteiger partial charge in [0.1, 0.15) is 5.75 Å². The number of alkyl halides is 6. The van der Waals surface area contributed by atoms with E-state index in [1.54, 1.807) is 36.5 Å². The summed E-state index contributed by atoms with van der Waals surface area (Å²) in [4.78, 5) is 17.9. The smallest absolute Gasteiger partial charge is 0.416 e. The number of methoxy groups -OCH3 is 3. The molecule has 41 heavy (non-hydrogen) atoms. The number of carbonyl (C=O) groups excluding carboxylic acids is 1. The minimum absolute atomic E-state index is 0.00517. The summed E-state index contributed by atoms with van der Waals surface area (Å²) in [6.45, 7) is -0.141. The Kier molecular flexibility index (Phi) is 8.41. The maximum Gasteiger partial charge on any atom is 0.416 e. The molecule has 4 rings (SSSR count). The topological polar surface area (TPSA) is 63.8 Å². The molecule has 218 valence electrons. The van der Waals surface area contributed by atoms with Gasteiger partial charge >= 0.3 is 12.4 Å². The number of H-pyrrole nitrogens is 1. The summed E-state index contributed by atoms with van der Waals surface area (Å²) in [7, 11) is 4.37. The number of hydrogen-bond donors (Lipinski definition) is 1. The monoisotopic (exact) mass is 580 g/mol. The number of aromatic amines is 1. The summed E-state index contributed by atoms with van der Waals surface area (Å²) >= 11 is 0. The van der Waals surface area contributed by atoms with E-state index in [-0.39, 0.29) is 25.6 Å². The van der Waals surface area contributed by atoms with Crippen molar-refractivity contribution >= 4 is 16.8 Å². The molecular weight excluding hydrogens is 554 g/mol. The number of halogens is 6. The van der Waals surface area contributed by atoms with E-state index < -0.39 is 35.0 Å². The Bertz CT molecular complexity index is 1510. The first kappa shape index (κ1) is 29.6. The molecule has 0 aliphatic heterocycles. The van der Waals surface area contributed by atoms with Crippen LogP contribution in [0.4, 0.5) is 26.3 Å². The van der Waals surface area contributed by atoms with Crippen LogP contribution in [0.1, 0.15) is 32.6 Å². The zero-order valence-corrected chi connectivity index (χ0v) is 22.2. The molecule has 0 spiro atoms. The number of benzene rings is 3. The fourth-order valence-corrected chi connectivity index (χ4v) is 4.46. The molecule has 3 aromatic carbocycles. The number of nitrogens with zero attached hydrogens (tertiary/aromatic N) is 1. The van der Waals surface area contributed by atoms with Crippen molar-refractivity contribution in [2.45, 2.75) is 25.3 Å². The molecule has 1 amide bonds. The Labute approximate surface area is 231 Å². The van der Waals surface area contributed by atoms with E-state index >= 15 is 0 Å². The highest BCUT2D eigenvalue weighted by Gasteiger charge is 2.38. The molecule has 0 aliphatic carbocycles. The third-order valence-electron chi connectivity index (χ3n) is 6.57. The van der Waals surface area contributed by atoms with Gasteiger partial charge in [-0.1, -0.05) is 6.07 Å². The molecule has 0 fully saturated rings. The van der Waals surface area contributed by atoms with E-state index in [0.29, 0.717) is 34.9 Å². The molecule has 0 atom stereocenters. The lowest BCUT2D eigenvalue weighted by atomic mass is 10.0. The average molecular weight is 581 g/mol. The standard InChI is InChI=1S/C29H26F6N2O4/c1-39-22-5-6-24-23(14-22)18(15-36-24)8-9-37(16-17-4-7-25(40-2)26(10-17)41-3)27(38)19-11-20(28(30,31)32)13-21(12-19)29(33,34)35/h4-7,10-15,36H,8-9,16H2,1-3H3. The van der Waals surface area contributed by atoms with Crippen molar-refractivity contribution < 1.29 is 45.3 Å². The molecule has 0 saturated heterocycles. The van der Waals surface area contributed by atoms with Crippen LogP contribution in [-0.4, -0.2) is 43.7 Å². The molecule has 1 aromatic heterocycles. The largest absolute Gasteiger partial charge is 0.497 e. The molecule has 0 saturated carbocycles. The van der Waals surface area contributed by atoms with Gasteiger partial charge in [-0.25, -0.2) is 0 Å². The Morgan fingerprint density at radius 1 is 0.805 bits per heavy atom. The average Bonchev–Trinajstić information content (AvgIpc) is 3.35. The Hall–Kier alpha value is -4.35. The number of fused-ring (bicyclic) bond motifs is 1. The van der Waals surface area contributed by atoms with Crippen LogP contribution in [0.3, 0.4) is 0 Å². The zero-order valence-electron chi connectivity index (χ0n) is 22.2. The van der Waals surface area contributed by atoms with Gasteiger partial charge in [0.25, 0.3) is 5.91 Å². The highest BCUT2D eigenvalue weighted by molar-refractivity contribution is 5.95. The number of rotatable bonds is 9. The lowest BCUT2D eigenvalue weighted by Crippen LogP contribution is -2.33. The van der Waals surface area contributed by atoms with E-state index in [1.807, 2.05) is 6.07 Å². The van der Waals surface area contributed by atoms with Gasteiger partial charge in [0.05, 0.1) is 32.5 Å². The summed E-state index contributed by atoms with van der Waals surface area (Å²) in [5.74, 6) is 0.364. The van der Waals surface area contributed by atoms with Gasteiger partial charge < -0.3 is 24.1 Å². The summed E-state index contributed by atoms with van der Waals surface area (Å²) in [6.07, 6.45) is -8.20. The number of hydrogen-bond acceptors (Lipinski definition) is 4. The number of ether oxygens (including phenoxy) is 3. The van der Waals surface area contributed by atoms with Crippen molar-refractivity contribution in [3.8, 4) is 17.2 Å². The van der Waals surface area contributed by atoms with Crippen molar-refractivity contribution in [3.63, 3.8) is 0 Å². The first-order valence-electron chi connectivity index (χ1n) is 12.3. The molecule has 1 N–H and O–H groups in total. The normalized spacial score (nSPS) is 11.9. The van der Waals surface area contributed by atoms with E-state index in [1.165, 1.54) is 26.2 Å². The quantitative estimate of drug-likeness (QED) is 0.214. The number of nitrogens with one attached hydrogen (secondary N) is 1. The van der Waals surface area contributed by atoms with Crippen LogP contribution in [0.5, 0.6) is 17.2 Å². The number of carbonyl (C=O) groups is 1. The highest BCUT2D eigenvalue weighted by atomic mass is 19.4. The Morgan fingerprint density at radius 3 is 2.05 bits per heavy atom. The third kappa shape index (κ3) is 6.69. The lowest BCUT2D eigenvalue weighted by molar-refractivity contribution is -0.143. The van der Waals surface area contributed by atoms with Gasteiger partial charge in [0, 0.05) is 35.8 Å². The van der Waals surface area contributed by atoms with E-state index in [4.69, 9.17) is 14.2 Å². The van der Waals surface area contributed by atoms with Crippen LogP contribution in [-0.2, 0) is 25.3 Å². The predicted octanol–water partition coefficient (Wildman–Crippen LogP) is 7.12. The van der Waals surface area contributed by atoms with Gasteiger partial charge in [-0.2, -0.15) is 26.3 Å². The van der Waals surface area contributed by atoms with Crippen LogP contribution in [0.25, 0.3) is 10.9 Å². The number of aromatic nitrogens is 1. The van der Waals surface area contributed by atoms with Crippen LogP contribution in [0.15, 0.2) is 60.8 Å². The summed E-state index contributed by atoms with van der Waals surface area (Å²) in [6, 6.07) is 11.1. The maximum atomic E-state index is 13.6. The Morgan fingerprint density at radius 2 is 1.46 bits per heavy atom. The van der Waals surface area contributed by atoms with E-state index in [0.717, 1.165) is 16.5 Å². The molecule has 6 nitrogen and oxygen atoms in total. The molecule has 4 aromatic rings. The summed E-state index contributed by atoms with van der Waals surface area (Å²) in [5.41, 5.74) is -1.75. The van der Waals surface area contributed by atoms with Crippen molar-refractivity contribution in [2.75, 3.05) is 27.9 Å². The summed E-state index contributed by atoms with van der Waals surface area (Å²) < 4.78 is 96.9. The fourth-order valence-electron chi connectivity index (χ4n) is 4.46. The van der Waals surface area contributed by atoms with Crippen molar-refractivity contribution in [1.82, 2.24) is 9.88 Å². The van der Waals surface area contributed by atoms with E-state index in [2.05, 4.69) is 4.98 Å². The molecule has 0 radical (unpaired) electrons. The van der Waals surface area contributed by atoms with Crippen LogP contribution < -0.4 is 14.2 Å². The molecule has 0 unspecified atom stereocenters. The molecular formula is C29H26F6N2O4. The predicted molar refractivity (Wildman–Crippen MR) is 139 cm³/mol. The second-order valence-corrected chi connectivity index (χ2v) is 9.19. The lowest BCUT2D eigenvalue weighted by Gasteiger charge is -2.24. The van der Waals surface area contributed by atoms with Gasteiger partial charge in [-0.05, 0) is 66.1 Å². The highest BCUT2D eigenvalue weighted by Crippen LogP contribution is 2.37. The second-order valence-electron chi connectivity index (χ2n) is 9.19. The fraction of sp³-hybridized carbons (Fsp3) is 0.276. The van der Waals surface area contributed by atoms with E-state index in [9.17, 15) is 31.1 Å². The van der Waals surface area contributed by atoms with Gasteiger partial charge in [0.15, 0.2) is 11.5 Å². The Balaban J connectivity index is 1.73.